The van der Waals surface area contributed by atoms with E-state index in [0.717, 1.165) is 10.4 Å². The summed E-state index contributed by atoms with van der Waals surface area (Å²) in [5.41, 5.74) is 5.18. The Morgan fingerprint density at radius 2 is 1.78 bits per heavy atom. The van der Waals surface area contributed by atoms with Crippen molar-refractivity contribution in [2.24, 2.45) is 0 Å². The second kappa shape index (κ2) is 9.71. The van der Waals surface area contributed by atoms with Crippen molar-refractivity contribution < 1.29 is 22.4 Å². The van der Waals surface area contributed by atoms with Gasteiger partial charge in [0.1, 0.15) is 10.7 Å². The number of hydrogen-bond acceptors (Lipinski definition) is 5. The van der Waals surface area contributed by atoms with Crippen molar-refractivity contribution in [2.45, 2.75) is 11.8 Å². The van der Waals surface area contributed by atoms with Gasteiger partial charge in [-0.25, -0.2) is 8.42 Å². The SMILES string of the molecule is C=CCN(c1ccccc1)S(=O)(=O)c1cc(C(=O)NNC(=O)c2ccoc2C)ccc1Cl. The lowest BCUT2D eigenvalue weighted by Gasteiger charge is -2.24. The minimum atomic E-state index is -4.12. The summed E-state index contributed by atoms with van der Waals surface area (Å²) in [5.74, 6) is -0.907. The molecule has 2 aromatic carbocycles. The van der Waals surface area contributed by atoms with Crippen LogP contribution in [0.25, 0.3) is 0 Å². The molecule has 10 heteroatoms. The number of benzene rings is 2. The third kappa shape index (κ3) is 4.84. The monoisotopic (exact) mass is 473 g/mol. The lowest BCUT2D eigenvalue weighted by Crippen LogP contribution is -2.41. The van der Waals surface area contributed by atoms with E-state index >= 15 is 0 Å². The fraction of sp³-hybridized carbons (Fsp3) is 0.0909. The van der Waals surface area contributed by atoms with Crippen LogP contribution in [-0.2, 0) is 10.0 Å². The average Bonchev–Trinajstić information content (AvgIpc) is 3.22. The lowest BCUT2D eigenvalue weighted by molar-refractivity contribution is 0.0845. The first kappa shape index (κ1) is 23.1. The molecule has 32 heavy (non-hydrogen) atoms. The molecule has 0 atom stereocenters. The van der Waals surface area contributed by atoms with E-state index in [1.807, 2.05) is 0 Å². The van der Waals surface area contributed by atoms with E-state index in [1.165, 1.54) is 30.5 Å². The van der Waals surface area contributed by atoms with Crippen molar-refractivity contribution >= 4 is 39.1 Å². The predicted molar refractivity (Wildman–Crippen MR) is 121 cm³/mol. The Balaban J connectivity index is 1.87. The van der Waals surface area contributed by atoms with Crippen LogP contribution in [0.3, 0.4) is 0 Å². The van der Waals surface area contributed by atoms with Gasteiger partial charge in [0.25, 0.3) is 21.8 Å². The number of halogens is 1. The number of amides is 2. The summed E-state index contributed by atoms with van der Waals surface area (Å²) in [6, 6.07) is 13.7. The van der Waals surface area contributed by atoms with Gasteiger partial charge in [-0.05, 0) is 43.3 Å². The van der Waals surface area contributed by atoms with Crippen LogP contribution in [-0.4, -0.2) is 26.8 Å². The Morgan fingerprint density at radius 1 is 1.09 bits per heavy atom. The van der Waals surface area contributed by atoms with Crippen molar-refractivity contribution in [1.29, 1.82) is 0 Å². The molecule has 1 heterocycles. The van der Waals surface area contributed by atoms with Crippen LogP contribution >= 0.6 is 11.6 Å². The van der Waals surface area contributed by atoms with Crippen molar-refractivity contribution in [2.75, 3.05) is 10.8 Å². The van der Waals surface area contributed by atoms with E-state index in [2.05, 4.69) is 17.4 Å². The van der Waals surface area contributed by atoms with Crippen molar-refractivity contribution in [1.82, 2.24) is 10.9 Å². The summed E-state index contributed by atoms with van der Waals surface area (Å²) in [5, 5.41) is -0.0513. The minimum Gasteiger partial charge on any atom is -0.469 e. The number of anilines is 1. The highest BCUT2D eigenvalue weighted by atomic mass is 35.5. The number of furan rings is 1. The molecule has 0 saturated carbocycles. The molecule has 1 aromatic heterocycles. The first-order valence-electron chi connectivity index (χ1n) is 9.38. The highest BCUT2D eigenvalue weighted by Crippen LogP contribution is 2.29. The van der Waals surface area contributed by atoms with E-state index in [1.54, 1.807) is 37.3 Å². The average molecular weight is 474 g/mol. The maximum absolute atomic E-state index is 13.4. The first-order valence-corrected chi connectivity index (χ1v) is 11.2. The first-order chi connectivity index (χ1) is 15.3. The number of hydrogen-bond donors (Lipinski definition) is 2. The van der Waals surface area contributed by atoms with Gasteiger partial charge in [0, 0.05) is 5.56 Å². The molecule has 3 rings (SSSR count). The van der Waals surface area contributed by atoms with E-state index in [4.69, 9.17) is 16.0 Å². The predicted octanol–water partition coefficient (Wildman–Crippen LogP) is 3.70. The van der Waals surface area contributed by atoms with Crippen LogP contribution in [0, 0.1) is 6.92 Å². The summed E-state index contributed by atoms with van der Waals surface area (Å²) in [6.45, 7) is 5.22. The molecular weight excluding hydrogens is 454 g/mol. The smallest absolute Gasteiger partial charge is 0.273 e. The normalized spacial score (nSPS) is 10.9. The molecule has 0 aliphatic rings. The number of hydrazine groups is 1. The molecule has 0 unspecified atom stereocenters. The Bertz CT molecular complexity index is 1260. The number of nitrogens with one attached hydrogen (secondary N) is 2. The third-order valence-corrected chi connectivity index (χ3v) is 6.77. The van der Waals surface area contributed by atoms with Crippen molar-refractivity contribution in [3.8, 4) is 0 Å². The van der Waals surface area contributed by atoms with Crippen LogP contribution in [0.5, 0.6) is 0 Å². The molecule has 2 amide bonds. The van der Waals surface area contributed by atoms with Crippen molar-refractivity contribution in [3.05, 3.63) is 95.4 Å². The van der Waals surface area contributed by atoms with E-state index in [9.17, 15) is 18.0 Å². The quantitative estimate of drug-likeness (QED) is 0.401. The van der Waals surface area contributed by atoms with Crippen LogP contribution < -0.4 is 15.2 Å². The zero-order chi connectivity index (χ0) is 23.3. The van der Waals surface area contributed by atoms with E-state index < -0.39 is 21.8 Å². The highest BCUT2D eigenvalue weighted by molar-refractivity contribution is 7.93. The number of sulfonamides is 1. The van der Waals surface area contributed by atoms with Gasteiger partial charge in [-0.3, -0.25) is 24.7 Å². The number of para-hydroxylation sites is 1. The highest BCUT2D eigenvalue weighted by Gasteiger charge is 2.27. The molecule has 0 fully saturated rings. The van der Waals surface area contributed by atoms with Crippen LogP contribution in [0.15, 0.2) is 82.8 Å². The number of carbonyl (C=O) groups is 2. The Labute approximate surface area is 190 Å². The summed E-state index contributed by atoms with van der Waals surface area (Å²) in [7, 11) is -4.12. The molecule has 0 bridgehead atoms. The maximum Gasteiger partial charge on any atom is 0.273 e. The van der Waals surface area contributed by atoms with Gasteiger partial charge < -0.3 is 4.42 Å². The fourth-order valence-electron chi connectivity index (χ4n) is 2.89. The molecule has 0 aliphatic carbocycles. The summed E-state index contributed by atoms with van der Waals surface area (Å²) in [4.78, 5) is 24.4. The molecule has 3 aromatic rings. The number of aryl methyl sites for hydroxylation is 1. The standard InChI is InChI=1S/C22H20ClN3O5S/c1-3-12-26(17-7-5-4-6-8-17)32(29,30)20-14-16(9-10-19(20)23)21(27)24-25-22(28)18-11-13-31-15(18)2/h3-11,13-14H,1,12H2,2H3,(H,24,27)(H,25,28). The Hall–Kier alpha value is -3.56. The minimum absolute atomic E-state index is 0.000785. The second-order valence-corrected chi connectivity index (χ2v) is 8.84. The Kier molecular flexibility index (Phi) is 7.01. The van der Waals surface area contributed by atoms with E-state index in [-0.39, 0.29) is 27.6 Å². The van der Waals surface area contributed by atoms with Gasteiger partial charge in [-0.15, -0.1) is 6.58 Å². The van der Waals surface area contributed by atoms with Gasteiger partial charge in [-0.1, -0.05) is 35.9 Å². The number of nitrogens with zero attached hydrogens (tertiary/aromatic N) is 1. The number of carbonyl (C=O) groups excluding carboxylic acids is 2. The summed E-state index contributed by atoms with van der Waals surface area (Å²) in [6.07, 6.45) is 2.80. The number of rotatable bonds is 7. The van der Waals surface area contributed by atoms with Crippen LogP contribution in [0.4, 0.5) is 5.69 Å². The van der Waals surface area contributed by atoms with Crippen LogP contribution in [0.1, 0.15) is 26.5 Å². The molecule has 166 valence electrons. The second-order valence-electron chi connectivity index (χ2n) is 6.60. The molecule has 2 N–H and O–H groups in total. The van der Waals surface area contributed by atoms with Gasteiger partial charge in [0.05, 0.1) is 29.1 Å². The third-order valence-electron chi connectivity index (χ3n) is 4.49. The zero-order valence-electron chi connectivity index (χ0n) is 17.0. The molecule has 0 radical (unpaired) electrons. The van der Waals surface area contributed by atoms with Gasteiger partial charge in [0.15, 0.2) is 0 Å². The fourth-order valence-corrected chi connectivity index (χ4v) is 4.83. The van der Waals surface area contributed by atoms with Gasteiger partial charge in [-0.2, -0.15) is 0 Å². The Morgan fingerprint density at radius 3 is 2.41 bits per heavy atom. The van der Waals surface area contributed by atoms with Crippen molar-refractivity contribution in [3.63, 3.8) is 0 Å². The topological polar surface area (TPSA) is 109 Å². The molecule has 0 spiro atoms. The molecule has 0 aliphatic heterocycles. The van der Waals surface area contributed by atoms with E-state index in [0.29, 0.717) is 11.4 Å². The molecule has 0 saturated heterocycles. The maximum atomic E-state index is 13.4. The zero-order valence-corrected chi connectivity index (χ0v) is 18.6. The molecular formula is C22H20ClN3O5S. The van der Waals surface area contributed by atoms with Gasteiger partial charge >= 0.3 is 0 Å². The molecule has 8 nitrogen and oxygen atoms in total. The van der Waals surface area contributed by atoms with Crippen LogP contribution in [0.2, 0.25) is 5.02 Å². The largest absolute Gasteiger partial charge is 0.469 e. The summed E-state index contributed by atoms with van der Waals surface area (Å²) < 4.78 is 32.9. The lowest BCUT2D eigenvalue weighted by atomic mass is 10.2. The summed E-state index contributed by atoms with van der Waals surface area (Å²) >= 11 is 6.19. The van der Waals surface area contributed by atoms with Gasteiger partial charge in [0.2, 0.25) is 0 Å².